The first-order chi connectivity index (χ1) is 7.55. The Morgan fingerprint density at radius 3 is 2.69 bits per heavy atom. The molecule has 4 nitrogen and oxygen atoms in total. The minimum Gasteiger partial charge on any atom is -0.385 e. The quantitative estimate of drug-likeness (QED) is 0.820. The van der Waals surface area contributed by atoms with E-state index in [1.165, 1.54) is 0 Å². The van der Waals surface area contributed by atoms with E-state index in [2.05, 4.69) is 20.7 Å². The number of ether oxygens (including phenoxy) is 1. The topological polar surface area (TPSA) is 55.4 Å². The molecule has 0 amide bonds. The SMILES string of the molecule is COCCCS(=O)(=O)Nc1ccccc1Br. The predicted octanol–water partition coefficient (Wildman–Crippen LogP) is 2.23. The van der Waals surface area contributed by atoms with Crippen LogP contribution in [0.15, 0.2) is 28.7 Å². The minimum absolute atomic E-state index is 0.0577. The molecule has 0 spiro atoms. The molecule has 90 valence electrons. The van der Waals surface area contributed by atoms with Crippen LogP contribution in [-0.2, 0) is 14.8 Å². The van der Waals surface area contributed by atoms with Crippen LogP contribution in [0.1, 0.15) is 6.42 Å². The number of halogens is 1. The van der Waals surface area contributed by atoms with Gasteiger partial charge in [0.15, 0.2) is 0 Å². The predicted molar refractivity (Wildman–Crippen MR) is 68.0 cm³/mol. The summed E-state index contributed by atoms with van der Waals surface area (Å²) in [7, 11) is -1.74. The molecule has 0 aliphatic heterocycles. The fourth-order valence-electron chi connectivity index (χ4n) is 1.16. The number of methoxy groups -OCH3 is 1. The molecule has 0 fully saturated rings. The summed E-state index contributed by atoms with van der Waals surface area (Å²) in [5.41, 5.74) is 0.555. The van der Waals surface area contributed by atoms with E-state index >= 15 is 0 Å². The van der Waals surface area contributed by atoms with Gasteiger partial charge in [-0.15, -0.1) is 0 Å². The molecule has 1 rings (SSSR count). The van der Waals surface area contributed by atoms with Gasteiger partial charge in [-0.25, -0.2) is 8.42 Å². The number of hydrogen-bond acceptors (Lipinski definition) is 3. The molecule has 0 saturated carbocycles. The van der Waals surface area contributed by atoms with Gasteiger partial charge >= 0.3 is 0 Å². The highest BCUT2D eigenvalue weighted by molar-refractivity contribution is 9.10. The van der Waals surface area contributed by atoms with Gasteiger partial charge in [0, 0.05) is 18.2 Å². The summed E-state index contributed by atoms with van der Waals surface area (Å²) in [4.78, 5) is 0. The molecule has 0 aromatic heterocycles. The lowest BCUT2D eigenvalue weighted by Crippen LogP contribution is -2.17. The van der Waals surface area contributed by atoms with Gasteiger partial charge in [0.25, 0.3) is 0 Å². The van der Waals surface area contributed by atoms with E-state index in [9.17, 15) is 8.42 Å². The Hall–Kier alpha value is -0.590. The molecule has 0 aliphatic carbocycles. The molecule has 6 heteroatoms. The zero-order valence-electron chi connectivity index (χ0n) is 8.94. The molecule has 1 N–H and O–H groups in total. The van der Waals surface area contributed by atoms with Crippen LogP contribution < -0.4 is 4.72 Å². The van der Waals surface area contributed by atoms with Crippen molar-refractivity contribution in [2.75, 3.05) is 24.2 Å². The van der Waals surface area contributed by atoms with Crippen molar-refractivity contribution in [1.29, 1.82) is 0 Å². The van der Waals surface area contributed by atoms with Gasteiger partial charge in [-0.3, -0.25) is 4.72 Å². The number of hydrogen-bond donors (Lipinski definition) is 1. The number of para-hydroxylation sites is 1. The van der Waals surface area contributed by atoms with Crippen LogP contribution in [0.4, 0.5) is 5.69 Å². The second-order valence-corrected chi connectivity index (χ2v) is 5.94. The molecule has 0 saturated heterocycles. The summed E-state index contributed by atoms with van der Waals surface area (Å²) < 4.78 is 31.3. The lowest BCUT2D eigenvalue weighted by atomic mass is 10.3. The van der Waals surface area contributed by atoms with Gasteiger partial charge in [0.05, 0.1) is 11.4 Å². The Balaban J connectivity index is 2.63. The summed E-state index contributed by atoms with van der Waals surface area (Å²) >= 11 is 3.28. The molecule has 1 aromatic carbocycles. The summed E-state index contributed by atoms with van der Waals surface area (Å²) in [6.07, 6.45) is 0.482. The third-order valence-electron chi connectivity index (χ3n) is 1.90. The van der Waals surface area contributed by atoms with Gasteiger partial charge in [-0.1, -0.05) is 12.1 Å². The van der Waals surface area contributed by atoms with E-state index in [4.69, 9.17) is 4.74 Å². The number of benzene rings is 1. The third-order valence-corrected chi connectivity index (χ3v) is 3.95. The maximum absolute atomic E-state index is 11.6. The van der Waals surface area contributed by atoms with E-state index in [1.54, 1.807) is 25.3 Å². The Labute approximate surface area is 104 Å². The summed E-state index contributed by atoms with van der Waals surface area (Å²) in [6, 6.07) is 7.09. The maximum atomic E-state index is 11.6. The zero-order chi connectivity index (χ0) is 12.0. The van der Waals surface area contributed by atoms with E-state index in [0.717, 1.165) is 4.47 Å². The molecule has 0 radical (unpaired) electrons. The number of anilines is 1. The van der Waals surface area contributed by atoms with Crippen molar-refractivity contribution in [2.45, 2.75) is 6.42 Å². The van der Waals surface area contributed by atoms with Crippen molar-refractivity contribution in [3.63, 3.8) is 0 Å². The summed E-state index contributed by atoms with van der Waals surface area (Å²) in [5, 5.41) is 0. The number of sulfonamides is 1. The fraction of sp³-hybridized carbons (Fsp3) is 0.400. The van der Waals surface area contributed by atoms with Crippen LogP contribution in [0.2, 0.25) is 0 Å². The van der Waals surface area contributed by atoms with Crippen molar-refractivity contribution in [3.8, 4) is 0 Å². The van der Waals surface area contributed by atoms with Crippen LogP contribution in [0.25, 0.3) is 0 Å². The smallest absolute Gasteiger partial charge is 0.232 e. The molecular formula is C10H14BrNO3S. The van der Waals surface area contributed by atoms with E-state index in [1.807, 2.05) is 6.07 Å². The Morgan fingerprint density at radius 1 is 1.38 bits per heavy atom. The number of rotatable bonds is 6. The molecule has 0 aliphatic rings. The Bertz CT molecular complexity index is 433. The standard InChI is InChI=1S/C10H14BrNO3S/c1-15-7-4-8-16(13,14)12-10-6-3-2-5-9(10)11/h2-3,5-6,12H,4,7-8H2,1H3. The van der Waals surface area contributed by atoms with Crippen LogP contribution in [-0.4, -0.2) is 27.9 Å². The maximum Gasteiger partial charge on any atom is 0.232 e. The lowest BCUT2D eigenvalue weighted by molar-refractivity contribution is 0.199. The lowest BCUT2D eigenvalue weighted by Gasteiger charge is -2.09. The largest absolute Gasteiger partial charge is 0.385 e. The normalized spacial score (nSPS) is 11.4. The molecular weight excluding hydrogens is 294 g/mol. The Kier molecular flexibility index (Phi) is 5.24. The fourth-order valence-corrected chi connectivity index (χ4v) is 2.78. The highest BCUT2D eigenvalue weighted by atomic mass is 79.9. The highest BCUT2D eigenvalue weighted by Crippen LogP contribution is 2.22. The molecule has 0 unspecified atom stereocenters. The molecule has 1 aromatic rings. The van der Waals surface area contributed by atoms with Gasteiger partial charge < -0.3 is 4.74 Å². The molecule has 16 heavy (non-hydrogen) atoms. The highest BCUT2D eigenvalue weighted by Gasteiger charge is 2.11. The van der Waals surface area contributed by atoms with Crippen molar-refractivity contribution in [1.82, 2.24) is 0 Å². The van der Waals surface area contributed by atoms with Crippen LogP contribution in [0, 0.1) is 0 Å². The second kappa shape index (κ2) is 6.22. The monoisotopic (exact) mass is 307 g/mol. The van der Waals surface area contributed by atoms with E-state index in [-0.39, 0.29) is 5.75 Å². The van der Waals surface area contributed by atoms with Crippen LogP contribution >= 0.6 is 15.9 Å². The van der Waals surface area contributed by atoms with Gasteiger partial charge in [-0.05, 0) is 34.5 Å². The first-order valence-electron chi connectivity index (χ1n) is 4.79. The van der Waals surface area contributed by atoms with Crippen molar-refractivity contribution in [2.24, 2.45) is 0 Å². The van der Waals surface area contributed by atoms with Crippen LogP contribution in [0.5, 0.6) is 0 Å². The van der Waals surface area contributed by atoms with Gasteiger partial charge in [0.1, 0.15) is 0 Å². The van der Waals surface area contributed by atoms with Crippen molar-refractivity contribution >= 4 is 31.6 Å². The number of nitrogens with one attached hydrogen (secondary N) is 1. The first-order valence-corrected chi connectivity index (χ1v) is 7.23. The minimum atomic E-state index is -3.29. The molecule has 0 bridgehead atoms. The van der Waals surface area contributed by atoms with Gasteiger partial charge in [0.2, 0.25) is 10.0 Å². The molecule has 0 atom stereocenters. The first kappa shape index (κ1) is 13.5. The molecule has 0 heterocycles. The third kappa shape index (κ3) is 4.51. The van der Waals surface area contributed by atoms with E-state index in [0.29, 0.717) is 18.7 Å². The second-order valence-electron chi connectivity index (χ2n) is 3.25. The summed E-state index contributed by atoms with van der Waals surface area (Å²) in [5.74, 6) is 0.0577. The Morgan fingerprint density at radius 2 is 2.06 bits per heavy atom. The van der Waals surface area contributed by atoms with E-state index < -0.39 is 10.0 Å². The van der Waals surface area contributed by atoms with Crippen LogP contribution in [0.3, 0.4) is 0 Å². The average Bonchev–Trinajstić information content (AvgIpc) is 2.21. The average molecular weight is 308 g/mol. The van der Waals surface area contributed by atoms with Crippen molar-refractivity contribution < 1.29 is 13.2 Å². The zero-order valence-corrected chi connectivity index (χ0v) is 11.3. The summed E-state index contributed by atoms with van der Waals surface area (Å²) in [6.45, 7) is 0.441. The van der Waals surface area contributed by atoms with Gasteiger partial charge in [-0.2, -0.15) is 0 Å². The van der Waals surface area contributed by atoms with Crippen molar-refractivity contribution in [3.05, 3.63) is 28.7 Å².